The second kappa shape index (κ2) is 5.23. The first kappa shape index (κ1) is 12.1. The van der Waals surface area contributed by atoms with E-state index in [-0.39, 0.29) is 12.2 Å². The molecule has 82 valence electrons. The van der Waals surface area contributed by atoms with Crippen LogP contribution in [0.5, 0.6) is 0 Å². The van der Waals surface area contributed by atoms with Crippen molar-refractivity contribution < 1.29 is 18.7 Å². The second-order valence-electron chi connectivity index (χ2n) is 2.84. The molecule has 0 N–H and O–H groups in total. The number of methoxy groups -OCH3 is 2. The molecule has 0 saturated carbocycles. The summed E-state index contributed by atoms with van der Waals surface area (Å²) in [4.78, 5) is 11.3. The summed E-state index contributed by atoms with van der Waals surface area (Å²) in [7, 11) is 2.74. The number of hydrogen-bond donors (Lipinski definition) is 0. The van der Waals surface area contributed by atoms with E-state index >= 15 is 0 Å². The van der Waals surface area contributed by atoms with Crippen LogP contribution in [-0.2, 0) is 16.1 Å². The van der Waals surface area contributed by atoms with Crippen molar-refractivity contribution >= 4 is 21.9 Å². The Morgan fingerprint density at radius 3 is 2.67 bits per heavy atom. The largest absolute Gasteiger partial charge is 0.465 e. The summed E-state index contributed by atoms with van der Waals surface area (Å²) in [6.45, 7) is 0.214. The third kappa shape index (κ3) is 2.76. The van der Waals surface area contributed by atoms with Gasteiger partial charge in [-0.2, -0.15) is 0 Å². The third-order valence-electron chi connectivity index (χ3n) is 1.85. The number of esters is 1. The Balaban J connectivity index is 3.26. The van der Waals surface area contributed by atoms with Crippen LogP contribution < -0.4 is 0 Å². The van der Waals surface area contributed by atoms with Gasteiger partial charge in [-0.15, -0.1) is 0 Å². The predicted molar refractivity (Wildman–Crippen MR) is 56.2 cm³/mol. The zero-order valence-electron chi connectivity index (χ0n) is 8.34. The highest BCUT2D eigenvalue weighted by atomic mass is 79.9. The van der Waals surface area contributed by atoms with Gasteiger partial charge in [0.2, 0.25) is 0 Å². The first-order chi connectivity index (χ1) is 7.10. The molecule has 15 heavy (non-hydrogen) atoms. The first-order valence-electron chi connectivity index (χ1n) is 4.15. The van der Waals surface area contributed by atoms with Gasteiger partial charge in [-0.3, -0.25) is 0 Å². The maximum absolute atomic E-state index is 13.1. The van der Waals surface area contributed by atoms with Gasteiger partial charge in [-0.05, 0) is 12.1 Å². The quantitative estimate of drug-likeness (QED) is 0.796. The van der Waals surface area contributed by atoms with Gasteiger partial charge in [0.05, 0.1) is 19.3 Å². The second-order valence-corrected chi connectivity index (χ2v) is 3.69. The molecule has 0 bridgehead atoms. The van der Waals surface area contributed by atoms with E-state index in [1.54, 1.807) is 0 Å². The van der Waals surface area contributed by atoms with Gasteiger partial charge in [-0.25, -0.2) is 9.18 Å². The molecule has 1 aromatic carbocycles. The van der Waals surface area contributed by atoms with Crippen LogP contribution in [0.15, 0.2) is 16.6 Å². The van der Waals surface area contributed by atoms with Crippen LogP contribution in [0.1, 0.15) is 15.9 Å². The van der Waals surface area contributed by atoms with Crippen molar-refractivity contribution in [1.82, 2.24) is 0 Å². The Labute approximate surface area is 95.3 Å². The Kier molecular flexibility index (Phi) is 4.23. The van der Waals surface area contributed by atoms with E-state index in [0.29, 0.717) is 10.0 Å². The smallest absolute Gasteiger partial charge is 0.338 e. The number of carbonyl (C=O) groups is 1. The number of halogens is 2. The number of rotatable bonds is 3. The van der Waals surface area contributed by atoms with Gasteiger partial charge >= 0.3 is 5.97 Å². The summed E-state index contributed by atoms with van der Waals surface area (Å²) in [5, 5.41) is 0. The maximum Gasteiger partial charge on any atom is 0.338 e. The van der Waals surface area contributed by atoms with Crippen molar-refractivity contribution in [2.24, 2.45) is 0 Å². The summed E-state index contributed by atoms with van der Waals surface area (Å²) >= 11 is 3.17. The summed E-state index contributed by atoms with van der Waals surface area (Å²) in [5.74, 6) is -1.08. The summed E-state index contributed by atoms with van der Waals surface area (Å²) in [6.07, 6.45) is 0. The van der Waals surface area contributed by atoms with E-state index in [0.717, 1.165) is 6.07 Å². The molecule has 0 radical (unpaired) electrons. The van der Waals surface area contributed by atoms with Crippen molar-refractivity contribution in [3.8, 4) is 0 Å². The molecular weight excluding hydrogens is 267 g/mol. The Morgan fingerprint density at radius 2 is 2.13 bits per heavy atom. The molecule has 0 aliphatic carbocycles. The predicted octanol–water partition coefficient (Wildman–Crippen LogP) is 2.52. The fourth-order valence-electron chi connectivity index (χ4n) is 1.19. The van der Waals surface area contributed by atoms with E-state index in [9.17, 15) is 9.18 Å². The number of carbonyl (C=O) groups excluding carboxylic acids is 1. The van der Waals surface area contributed by atoms with Crippen LogP contribution in [0, 0.1) is 5.82 Å². The SMILES string of the molecule is COCc1c(Br)cc(F)cc1C(=O)OC. The normalized spacial score (nSPS) is 10.1. The molecule has 0 saturated heterocycles. The highest BCUT2D eigenvalue weighted by Gasteiger charge is 2.16. The van der Waals surface area contributed by atoms with Crippen LogP contribution in [0.2, 0.25) is 0 Å². The number of ether oxygens (including phenoxy) is 2. The molecule has 1 aromatic rings. The average Bonchev–Trinajstić information content (AvgIpc) is 2.20. The molecule has 0 amide bonds. The monoisotopic (exact) mass is 276 g/mol. The standard InChI is InChI=1S/C10H10BrFO3/c1-14-5-8-7(10(13)15-2)3-6(12)4-9(8)11/h3-4H,5H2,1-2H3. The molecule has 0 heterocycles. The highest BCUT2D eigenvalue weighted by molar-refractivity contribution is 9.10. The van der Waals surface area contributed by atoms with Crippen molar-refractivity contribution in [3.63, 3.8) is 0 Å². The van der Waals surface area contributed by atoms with Gasteiger partial charge in [0.1, 0.15) is 5.82 Å². The minimum atomic E-state index is -0.581. The molecule has 5 heteroatoms. The molecule has 0 spiro atoms. The van der Waals surface area contributed by atoms with E-state index in [1.807, 2.05) is 0 Å². The first-order valence-corrected chi connectivity index (χ1v) is 4.94. The molecule has 0 aliphatic heterocycles. The lowest BCUT2D eigenvalue weighted by Crippen LogP contribution is -2.08. The summed E-state index contributed by atoms with van der Waals surface area (Å²) in [6, 6.07) is 2.41. The zero-order valence-corrected chi connectivity index (χ0v) is 9.93. The molecule has 0 unspecified atom stereocenters. The average molecular weight is 277 g/mol. The lowest BCUT2D eigenvalue weighted by molar-refractivity contribution is 0.0595. The van der Waals surface area contributed by atoms with E-state index in [1.165, 1.54) is 20.3 Å². The molecular formula is C10H10BrFO3. The van der Waals surface area contributed by atoms with E-state index < -0.39 is 11.8 Å². The fraction of sp³-hybridized carbons (Fsp3) is 0.300. The van der Waals surface area contributed by atoms with Crippen molar-refractivity contribution in [1.29, 1.82) is 0 Å². The van der Waals surface area contributed by atoms with E-state index in [4.69, 9.17) is 4.74 Å². The maximum atomic E-state index is 13.1. The van der Waals surface area contributed by atoms with Crippen molar-refractivity contribution in [2.75, 3.05) is 14.2 Å². The fourth-order valence-corrected chi connectivity index (χ4v) is 1.73. The minimum absolute atomic E-state index is 0.172. The third-order valence-corrected chi connectivity index (χ3v) is 2.56. The summed E-state index contributed by atoms with van der Waals surface area (Å²) < 4.78 is 23.0. The van der Waals surface area contributed by atoms with Crippen molar-refractivity contribution in [3.05, 3.63) is 33.5 Å². The van der Waals surface area contributed by atoms with E-state index in [2.05, 4.69) is 20.7 Å². The minimum Gasteiger partial charge on any atom is -0.465 e. The summed E-state index contributed by atoms with van der Waals surface area (Å²) in [5.41, 5.74) is 0.747. The number of hydrogen-bond acceptors (Lipinski definition) is 3. The highest BCUT2D eigenvalue weighted by Crippen LogP contribution is 2.24. The van der Waals surface area contributed by atoms with Gasteiger partial charge < -0.3 is 9.47 Å². The Bertz CT molecular complexity index is 379. The lowest BCUT2D eigenvalue weighted by atomic mass is 10.1. The van der Waals surface area contributed by atoms with Crippen molar-refractivity contribution in [2.45, 2.75) is 6.61 Å². The zero-order chi connectivity index (χ0) is 11.4. The Morgan fingerprint density at radius 1 is 1.47 bits per heavy atom. The van der Waals surface area contributed by atoms with Crippen LogP contribution in [0.4, 0.5) is 4.39 Å². The topological polar surface area (TPSA) is 35.5 Å². The van der Waals surface area contributed by atoms with Gasteiger partial charge in [0.25, 0.3) is 0 Å². The van der Waals surface area contributed by atoms with Crippen LogP contribution in [0.25, 0.3) is 0 Å². The van der Waals surface area contributed by atoms with Crippen LogP contribution in [-0.4, -0.2) is 20.2 Å². The molecule has 1 rings (SSSR count). The van der Waals surface area contributed by atoms with Gasteiger partial charge in [-0.1, -0.05) is 15.9 Å². The molecule has 0 atom stereocenters. The molecule has 3 nitrogen and oxygen atoms in total. The van der Waals surface area contributed by atoms with Gasteiger partial charge in [0.15, 0.2) is 0 Å². The lowest BCUT2D eigenvalue weighted by Gasteiger charge is -2.09. The molecule has 0 fully saturated rings. The Hall–Kier alpha value is -0.940. The van der Waals surface area contributed by atoms with Crippen LogP contribution >= 0.6 is 15.9 Å². The van der Waals surface area contributed by atoms with Gasteiger partial charge in [0, 0.05) is 17.1 Å². The number of benzene rings is 1. The molecule has 0 aliphatic rings. The molecule has 0 aromatic heterocycles. The van der Waals surface area contributed by atoms with Crippen LogP contribution in [0.3, 0.4) is 0 Å².